The summed E-state index contributed by atoms with van der Waals surface area (Å²) in [5.41, 5.74) is 3.80. The zero-order valence-electron chi connectivity index (χ0n) is 15.9. The van der Waals surface area contributed by atoms with Crippen LogP contribution in [0.2, 0.25) is 0 Å². The number of hydrogen-bond donors (Lipinski definition) is 0. The van der Waals surface area contributed by atoms with Gasteiger partial charge in [-0.05, 0) is 49.9 Å². The largest absolute Gasteiger partial charge is 0.465 e. The average molecular weight is 377 g/mol. The number of ether oxygens (including phenoxy) is 1. The average Bonchev–Trinajstić information content (AvgIpc) is 3.38. The maximum absolute atomic E-state index is 13.2. The summed E-state index contributed by atoms with van der Waals surface area (Å²) in [6.07, 6.45) is 10.2. The standard InChI is InChI=1S/C23H23NO4/c1-28-23(27)14-7-9-15(10-8-14)24-21(25)19-16-11-12-17(20(19)22(24)26)18(16)13-5-3-2-4-6-13/h7-12,16-17,19-20H,2-6H2,1H3/t16-,17+,19-,20-/m0/s1. The topological polar surface area (TPSA) is 63.7 Å². The van der Waals surface area contributed by atoms with Crippen LogP contribution in [-0.2, 0) is 14.3 Å². The van der Waals surface area contributed by atoms with Gasteiger partial charge in [-0.2, -0.15) is 0 Å². The van der Waals surface area contributed by atoms with Gasteiger partial charge in [-0.1, -0.05) is 29.7 Å². The minimum atomic E-state index is -0.437. The Bertz CT molecular complexity index is 884. The predicted molar refractivity (Wildman–Crippen MR) is 103 cm³/mol. The molecule has 2 bridgehead atoms. The number of carbonyl (C=O) groups excluding carboxylic acids is 3. The summed E-state index contributed by atoms with van der Waals surface area (Å²) in [7, 11) is 1.33. The Kier molecular flexibility index (Phi) is 4.00. The summed E-state index contributed by atoms with van der Waals surface area (Å²) in [4.78, 5) is 39.5. The third-order valence-electron chi connectivity index (χ3n) is 6.83. The summed E-state index contributed by atoms with van der Waals surface area (Å²) < 4.78 is 4.71. The molecule has 1 aliphatic heterocycles. The fraction of sp³-hybridized carbons (Fsp3) is 0.435. The lowest BCUT2D eigenvalue weighted by atomic mass is 9.85. The molecule has 1 saturated heterocycles. The smallest absolute Gasteiger partial charge is 0.337 e. The second-order valence-corrected chi connectivity index (χ2v) is 8.16. The Morgan fingerprint density at radius 2 is 1.50 bits per heavy atom. The van der Waals surface area contributed by atoms with Crippen LogP contribution in [0.25, 0.3) is 0 Å². The molecule has 5 nitrogen and oxygen atoms in total. The molecule has 0 radical (unpaired) electrons. The van der Waals surface area contributed by atoms with E-state index in [9.17, 15) is 14.4 Å². The first-order valence-corrected chi connectivity index (χ1v) is 10.1. The van der Waals surface area contributed by atoms with Crippen molar-refractivity contribution in [2.24, 2.45) is 23.7 Å². The lowest BCUT2D eigenvalue weighted by Crippen LogP contribution is -2.33. The van der Waals surface area contributed by atoms with Gasteiger partial charge in [-0.15, -0.1) is 0 Å². The first-order valence-electron chi connectivity index (χ1n) is 10.1. The van der Waals surface area contributed by atoms with E-state index in [0.717, 1.165) is 12.8 Å². The molecule has 5 rings (SSSR count). The van der Waals surface area contributed by atoms with Crippen molar-refractivity contribution < 1.29 is 19.1 Å². The molecule has 4 aliphatic rings. The van der Waals surface area contributed by atoms with Crippen LogP contribution in [0.1, 0.15) is 42.5 Å². The van der Waals surface area contributed by atoms with Gasteiger partial charge in [0, 0.05) is 11.8 Å². The SMILES string of the molecule is COC(=O)c1ccc(N2C(=O)[C@@H]3[C@@H](C2=O)[C@H]2C=C[C@@H]3C2=C2CCCCC2)cc1. The number of fused-ring (bicyclic) bond motifs is 5. The second-order valence-electron chi connectivity index (χ2n) is 8.16. The molecule has 1 heterocycles. The maximum Gasteiger partial charge on any atom is 0.337 e. The molecule has 1 aromatic rings. The number of methoxy groups -OCH3 is 1. The molecule has 28 heavy (non-hydrogen) atoms. The van der Waals surface area contributed by atoms with E-state index in [1.54, 1.807) is 24.3 Å². The van der Waals surface area contributed by atoms with Gasteiger partial charge in [-0.25, -0.2) is 9.69 Å². The lowest BCUT2D eigenvalue weighted by Gasteiger charge is -2.23. The highest BCUT2D eigenvalue weighted by atomic mass is 16.5. The van der Waals surface area contributed by atoms with Crippen LogP contribution >= 0.6 is 0 Å². The van der Waals surface area contributed by atoms with E-state index in [0.29, 0.717) is 11.3 Å². The van der Waals surface area contributed by atoms with Crippen molar-refractivity contribution in [3.05, 3.63) is 53.1 Å². The van der Waals surface area contributed by atoms with E-state index in [4.69, 9.17) is 4.74 Å². The molecule has 3 fully saturated rings. The number of amides is 2. The Balaban J connectivity index is 1.46. The van der Waals surface area contributed by atoms with E-state index in [1.165, 1.54) is 42.4 Å². The summed E-state index contributed by atoms with van der Waals surface area (Å²) >= 11 is 0. The van der Waals surface area contributed by atoms with Gasteiger partial charge in [0.05, 0.1) is 30.2 Å². The van der Waals surface area contributed by atoms with Gasteiger partial charge >= 0.3 is 5.97 Å². The minimum Gasteiger partial charge on any atom is -0.465 e. The number of nitrogens with zero attached hydrogens (tertiary/aromatic N) is 1. The van der Waals surface area contributed by atoms with E-state index in [2.05, 4.69) is 12.2 Å². The van der Waals surface area contributed by atoms with Crippen molar-refractivity contribution in [2.75, 3.05) is 12.0 Å². The molecule has 0 N–H and O–H groups in total. The van der Waals surface area contributed by atoms with Crippen molar-refractivity contribution in [1.82, 2.24) is 0 Å². The Hall–Kier alpha value is -2.69. The van der Waals surface area contributed by atoms with Crippen LogP contribution in [0.5, 0.6) is 0 Å². The summed E-state index contributed by atoms with van der Waals surface area (Å²) in [5.74, 6) is -1.02. The zero-order valence-corrected chi connectivity index (χ0v) is 15.9. The molecule has 144 valence electrons. The molecule has 5 heteroatoms. The normalized spacial score (nSPS) is 31.0. The summed E-state index contributed by atoms with van der Waals surface area (Å²) in [6.45, 7) is 0. The molecule has 2 amide bonds. The van der Waals surface area contributed by atoms with Crippen LogP contribution in [0.3, 0.4) is 0 Å². The van der Waals surface area contributed by atoms with Crippen LogP contribution in [0.15, 0.2) is 47.6 Å². The highest BCUT2D eigenvalue weighted by molar-refractivity contribution is 6.23. The van der Waals surface area contributed by atoms with E-state index >= 15 is 0 Å². The van der Waals surface area contributed by atoms with Gasteiger partial charge in [0.2, 0.25) is 11.8 Å². The predicted octanol–water partition coefficient (Wildman–Crippen LogP) is 3.66. The van der Waals surface area contributed by atoms with E-state index in [1.807, 2.05) is 0 Å². The Labute approximate surface area is 164 Å². The molecule has 0 unspecified atom stereocenters. The number of carbonyl (C=O) groups is 3. The van der Waals surface area contributed by atoms with Gasteiger partial charge in [0.1, 0.15) is 0 Å². The van der Waals surface area contributed by atoms with Crippen LogP contribution in [-0.4, -0.2) is 24.9 Å². The van der Waals surface area contributed by atoms with Crippen molar-refractivity contribution in [2.45, 2.75) is 32.1 Å². The molecule has 0 aromatic heterocycles. The first kappa shape index (κ1) is 17.4. The molecule has 4 atom stereocenters. The quantitative estimate of drug-likeness (QED) is 0.448. The number of anilines is 1. The van der Waals surface area contributed by atoms with Gasteiger partial charge < -0.3 is 4.74 Å². The number of hydrogen-bond acceptors (Lipinski definition) is 4. The third-order valence-corrected chi connectivity index (χ3v) is 6.83. The van der Waals surface area contributed by atoms with Crippen LogP contribution in [0, 0.1) is 23.7 Å². The fourth-order valence-electron chi connectivity index (χ4n) is 5.62. The number of esters is 1. The lowest BCUT2D eigenvalue weighted by molar-refractivity contribution is -0.122. The van der Waals surface area contributed by atoms with E-state index < -0.39 is 5.97 Å². The van der Waals surface area contributed by atoms with Crippen molar-refractivity contribution in [1.29, 1.82) is 0 Å². The number of imide groups is 1. The van der Waals surface area contributed by atoms with Crippen molar-refractivity contribution in [3.8, 4) is 0 Å². The van der Waals surface area contributed by atoms with Crippen molar-refractivity contribution in [3.63, 3.8) is 0 Å². The number of rotatable bonds is 2. The van der Waals surface area contributed by atoms with Gasteiger partial charge in [0.15, 0.2) is 0 Å². The highest BCUT2D eigenvalue weighted by Gasteiger charge is 2.62. The second kappa shape index (κ2) is 6.43. The summed E-state index contributed by atoms with van der Waals surface area (Å²) in [5, 5.41) is 0. The Morgan fingerprint density at radius 3 is 2.04 bits per heavy atom. The summed E-state index contributed by atoms with van der Waals surface area (Å²) in [6, 6.07) is 6.49. The molecule has 1 aromatic carbocycles. The maximum atomic E-state index is 13.2. The fourth-order valence-corrected chi connectivity index (χ4v) is 5.62. The molecule has 0 spiro atoms. The van der Waals surface area contributed by atoms with Crippen LogP contribution < -0.4 is 4.90 Å². The van der Waals surface area contributed by atoms with Gasteiger partial charge in [0.25, 0.3) is 0 Å². The first-order chi connectivity index (χ1) is 13.6. The van der Waals surface area contributed by atoms with Crippen LogP contribution in [0.4, 0.5) is 5.69 Å². The third kappa shape index (κ3) is 2.35. The molecule has 3 aliphatic carbocycles. The molecule has 2 saturated carbocycles. The number of benzene rings is 1. The van der Waals surface area contributed by atoms with Gasteiger partial charge in [-0.3, -0.25) is 9.59 Å². The van der Waals surface area contributed by atoms with E-state index in [-0.39, 0.29) is 35.5 Å². The molecular formula is C23H23NO4. The minimum absolute atomic E-state index is 0.0823. The van der Waals surface area contributed by atoms with Crippen molar-refractivity contribution >= 4 is 23.5 Å². The molecular weight excluding hydrogens is 354 g/mol. The highest BCUT2D eigenvalue weighted by Crippen LogP contribution is 2.58. The zero-order chi connectivity index (χ0) is 19.4. The Morgan fingerprint density at radius 1 is 0.929 bits per heavy atom. The monoisotopic (exact) mass is 377 g/mol. The number of allylic oxidation sites excluding steroid dienone is 4.